The second-order valence-corrected chi connectivity index (χ2v) is 7.10. The van der Waals surface area contributed by atoms with Crippen LogP contribution in [0, 0.1) is 6.92 Å². The zero-order valence-electron chi connectivity index (χ0n) is 13.8. The molecule has 128 valence electrons. The van der Waals surface area contributed by atoms with Gasteiger partial charge in [-0.1, -0.05) is 35.6 Å². The summed E-state index contributed by atoms with van der Waals surface area (Å²) in [6, 6.07) is 15.7. The van der Waals surface area contributed by atoms with Crippen LogP contribution in [0.1, 0.15) is 5.56 Å². The van der Waals surface area contributed by atoms with Crippen molar-refractivity contribution >= 4 is 32.7 Å². The summed E-state index contributed by atoms with van der Waals surface area (Å²) >= 11 is 1.66. The van der Waals surface area contributed by atoms with Gasteiger partial charge in [-0.15, -0.1) is 0 Å². The van der Waals surface area contributed by atoms with Gasteiger partial charge in [0.2, 0.25) is 0 Å². The SMILES string of the molecule is Cc1cccc(OCC(=O)OC2CN(c3nc4ccccc4s3)C2)c1. The van der Waals surface area contributed by atoms with Gasteiger partial charge in [-0.25, -0.2) is 9.78 Å². The van der Waals surface area contributed by atoms with Crippen molar-refractivity contribution in [1.29, 1.82) is 0 Å². The Hall–Kier alpha value is -2.60. The Balaban J connectivity index is 1.25. The Morgan fingerprint density at radius 3 is 2.88 bits per heavy atom. The lowest BCUT2D eigenvalue weighted by Crippen LogP contribution is -2.53. The molecule has 2 heterocycles. The molecule has 0 unspecified atom stereocenters. The zero-order valence-corrected chi connectivity index (χ0v) is 14.7. The average Bonchev–Trinajstić information content (AvgIpc) is 2.99. The molecule has 3 aromatic rings. The maximum Gasteiger partial charge on any atom is 0.344 e. The quantitative estimate of drug-likeness (QED) is 0.657. The molecule has 4 rings (SSSR count). The van der Waals surface area contributed by atoms with E-state index in [1.807, 2.05) is 49.4 Å². The molecule has 1 saturated heterocycles. The molecule has 0 radical (unpaired) electrons. The van der Waals surface area contributed by atoms with Crippen molar-refractivity contribution in [3.63, 3.8) is 0 Å². The number of benzene rings is 2. The fraction of sp³-hybridized carbons (Fsp3) is 0.263. The smallest absolute Gasteiger partial charge is 0.344 e. The van der Waals surface area contributed by atoms with E-state index in [1.54, 1.807) is 11.3 Å². The predicted molar refractivity (Wildman–Crippen MR) is 98.4 cm³/mol. The molecule has 0 saturated carbocycles. The second-order valence-electron chi connectivity index (χ2n) is 6.09. The number of hydrogen-bond donors (Lipinski definition) is 0. The maximum absolute atomic E-state index is 11.9. The lowest BCUT2D eigenvalue weighted by molar-refractivity contribution is -0.152. The van der Waals surface area contributed by atoms with Gasteiger partial charge < -0.3 is 14.4 Å². The van der Waals surface area contributed by atoms with Gasteiger partial charge in [0.15, 0.2) is 11.7 Å². The molecule has 0 atom stereocenters. The number of thiazole rings is 1. The summed E-state index contributed by atoms with van der Waals surface area (Å²) < 4.78 is 12.1. The number of ether oxygens (including phenoxy) is 2. The van der Waals surface area contributed by atoms with Crippen LogP contribution in [0.25, 0.3) is 10.2 Å². The highest BCUT2D eigenvalue weighted by molar-refractivity contribution is 7.22. The van der Waals surface area contributed by atoms with E-state index >= 15 is 0 Å². The van der Waals surface area contributed by atoms with Crippen LogP contribution in [0.3, 0.4) is 0 Å². The van der Waals surface area contributed by atoms with Crippen LogP contribution in [0.5, 0.6) is 5.75 Å². The number of fused-ring (bicyclic) bond motifs is 1. The lowest BCUT2D eigenvalue weighted by Gasteiger charge is -2.38. The summed E-state index contributed by atoms with van der Waals surface area (Å²) in [6.45, 7) is 3.27. The number of para-hydroxylation sites is 1. The van der Waals surface area contributed by atoms with E-state index in [9.17, 15) is 4.79 Å². The van der Waals surface area contributed by atoms with Gasteiger partial charge in [-0.05, 0) is 36.8 Å². The van der Waals surface area contributed by atoms with E-state index in [0.717, 1.165) is 16.2 Å². The monoisotopic (exact) mass is 354 g/mol. The van der Waals surface area contributed by atoms with Crippen LogP contribution in [0.4, 0.5) is 5.13 Å². The molecular formula is C19H18N2O3S. The molecule has 0 bridgehead atoms. The number of esters is 1. The first-order valence-corrected chi connectivity index (χ1v) is 8.98. The normalized spacial score (nSPS) is 14.4. The highest BCUT2D eigenvalue weighted by Gasteiger charge is 2.32. The number of aromatic nitrogens is 1. The van der Waals surface area contributed by atoms with Gasteiger partial charge in [0.25, 0.3) is 0 Å². The number of anilines is 1. The molecule has 0 N–H and O–H groups in total. The molecule has 1 fully saturated rings. The minimum atomic E-state index is -0.338. The Morgan fingerprint density at radius 2 is 2.08 bits per heavy atom. The standard InChI is InChI=1S/C19H18N2O3S/c1-13-5-4-6-14(9-13)23-12-18(22)24-15-10-21(11-15)19-20-16-7-2-3-8-17(16)25-19/h2-9,15H,10-12H2,1H3. The lowest BCUT2D eigenvalue weighted by atomic mass is 10.2. The van der Waals surface area contributed by atoms with Crippen LogP contribution in [0.2, 0.25) is 0 Å². The first-order chi connectivity index (χ1) is 12.2. The van der Waals surface area contributed by atoms with Crippen molar-refractivity contribution in [2.45, 2.75) is 13.0 Å². The van der Waals surface area contributed by atoms with Crippen LogP contribution in [-0.4, -0.2) is 36.8 Å². The fourth-order valence-corrected chi connectivity index (χ4v) is 3.72. The minimum Gasteiger partial charge on any atom is -0.482 e. The third kappa shape index (κ3) is 3.58. The summed E-state index contributed by atoms with van der Waals surface area (Å²) in [6.07, 6.45) is -0.0966. The van der Waals surface area contributed by atoms with Gasteiger partial charge in [0.1, 0.15) is 11.9 Å². The third-order valence-corrected chi connectivity index (χ3v) is 5.14. The van der Waals surface area contributed by atoms with Gasteiger partial charge in [-0.2, -0.15) is 0 Å². The van der Waals surface area contributed by atoms with Gasteiger partial charge in [-0.3, -0.25) is 0 Å². The Labute approximate surface area is 149 Å². The summed E-state index contributed by atoms with van der Waals surface area (Å²) in [4.78, 5) is 18.7. The van der Waals surface area contributed by atoms with Crippen molar-refractivity contribution in [2.24, 2.45) is 0 Å². The van der Waals surface area contributed by atoms with E-state index in [0.29, 0.717) is 18.8 Å². The maximum atomic E-state index is 11.9. The number of rotatable bonds is 5. The average molecular weight is 354 g/mol. The fourth-order valence-electron chi connectivity index (χ4n) is 2.73. The Kier molecular flexibility index (Phi) is 4.28. The Morgan fingerprint density at radius 1 is 1.24 bits per heavy atom. The molecule has 6 heteroatoms. The van der Waals surface area contributed by atoms with Crippen molar-refractivity contribution < 1.29 is 14.3 Å². The molecule has 2 aromatic carbocycles. The summed E-state index contributed by atoms with van der Waals surface area (Å²) in [5.74, 6) is 0.345. The Bertz CT molecular complexity index is 869. The first kappa shape index (κ1) is 15.9. The largest absolute Gasteiger partial charge is 0.482 e. The van der Waals surface area contributed by atoms with Crippen molar-refractivity contribution in [3.8, 4) is 5.75 Å². The number of nitrogens with zero attached hydrogens (tertiary/aromatic N) is 2. The van der Waals surface area contributed by atoms with Crippen molar-refractivity contribution in [1.82, 2.24) is 4.98 Å². The highest BCUT2D eigenvalue weighted by Crippen LogP contribution is 2.31. The van der Waals surface area contributed by atoms with Crippen molar-refractivity contribution in [3.05, 3.63) is 54.1 Å². The van der Waals surface area contributed by atoms with Crippen molar-refractivity contribution in [2.75, 3.05) is 24.6 Å². The van der Waals surface area contributed by atoms with E-state index < -0.39 is 0 Å². The minimum absolute atomic E-state index is 0.0684. The summed E-state index contributed by atoms with van der Waals surface area (Å²) in [7, 11) is 0. The molecule has 5 nitrogen and oxygen atoms in total. The molecule has 0 spiro atoms. The molecule has 1 aliphatic rings. The molecule has 0 amide bonds. The number of aryl methyl sites for hydroxylation is 1. The van der Waals surface area contributed by atoms with Crippen LogP contribution < -0.4 is 9.64 Å². The summed E-state index contributed by atoms with van der Waals surface area (Å²) in [5.41, 5.74) is 2.10. The number of carbonyl (C=O) groups is 1. The highest BCUT2D eigenvalue weighted by atomic mass is 32.1. The van der Waals surface area contributed by atoms with Crippen LogP contribution in [-0.2, 0) is 9.53 Å². The van der Waals surface area contributed by atoms with Crippen LogP contribution in [0.15, 0.2) is 48.5 Å². The third-order valence-electron chi connectivity index (χ3n) is 4.05. The first-order valence-electron chi connectivity index (χ1n) is 8.17. The molecule has 25 heavy (non-hydrogen) atoms. The molecule has 1 aromatic heterocycles. The predicted octanol–water partition coefficient (Wildman–Crippen LogP) is 3.42. The van der Waals surface area contributed by atoms with E-state index in [-0.39, 0.29) is 18.7 Å². The number of hydrogen-bond acceptors (Lipinski definition) is 6. The number of carbonyl (C=O) groups excluding carboxylic acids is 1. The van der Waals surface area contributed by atoms with Gasteiger partial charge >= 0.3 is 5.97 Å². The van der Waals surface area contributed by atoms with Gasteiger partial charge in [0, 0.05) is 0 Å². The van der Waals surface area contributed by atoms with E-state index in [4.69, 9.17) is 9.47 Å². The second kappa shape index (κ2) is 6.72. The van der Waals surface area contributed by atoms with E-state index in [2.05, 4.69) is 16.0 Å². The summed E-state index contributed by atoms with van der Waals surface area (Å²) in [5, 5.41) is 0.976. The molecule has 0 aliphatic carbocycles. The van der Waals surface area contributed by atoms with E-state index in [1.165, 1.54) is 4.70 Å². The topological polar surface area (TPSA) is 51.7 Å². The molecule has 1 aliphatic heterocycles. The zero-order chi connectivity index (χ0) is 17.2. The molecular weight excluding hydrogens is 336 g/mol. The van der Waals surface area contributed by atoms with Crippen LogP contribution >= 0.6 is 11.3 Å². The van der Waals surface area contributed by atoms with Gasteiger partial charge in [0.05, 0.1) is 23.3 Å².